The minimum Gasteiger partial charge on any atom is -0.348 e. The van der Waals surface area contributed by atoms with Gasteiger partial charge in [0, 0.05) is 29.2 Å². The lowest BCUT2D eigenvalue weighted by Crippen LogP contribution is -2.46. The van der Waals surface area contributed by atoms with Gasteiger partial charge in [0.25, 0.3) is 5.91 Å². The SMILES string of the molecule is O=C(N[C@H]1CCN2CCCC[C@H]12)c1ccc(Cl)cc1. The van der Waals surface area contributed by atoms with Crippen LogP contribution in [-0.2, 0) is 0 Å². The standard InChI is InChI=1S/C15H19ClN2O/c16-12-6-4-11(5-7-12)15(19)17-13-8-10-18-9-2-1-3-14(13)18/h4-7,13-14H,1-3,8-10H2,(H,17,19)/t13-,14+/m0/s1. The number of amides is 1. The summed E-state index contributed by atoms with van der Waals surface area (Å²) in [7, 11) is 0. The molecule has 1 N–H and O–H groups in total. The lowest BCUT2D eigenvalue weighted by atomic mass is 9.99. The average Bonchev–Trinajstić information content (AvgIpc) is 2.83. The zero-order valence-corrected chi connectivity index (χ0v) is 11.7. The zero-order valence-electron chi connectivity index (χ0n) is 10.9. The van der Waals surface area contributed by atoms with Gasteiger partial charge in [-0.1, -0.05) is 18.0 Å². The van der Waals surface area contributed by atoms with Gasteiger partial charge in [-0.25, -0.2) is 0 Å². The van der Waals surface area contributed by atoms with Gasteiger partial charge in [0.15, 0.2) is 0 Å². The van der Waals surface area contributed by atoms with E-state index in [2.05, 4.69) is 10.2 Å². The Balaban J connectivity index is 1.65. The van der Waals surface area contributed by atoms with Crippen molar-refractivity contribution in [1.29, 1.82) is 0 Å². The van der Waals surface area contributed by atoms with Crippen LogP contribution in [0.25, 0.3) is 0 Å². The number of nitrogens with zero attached hydrogens (tertiary/aromatic N) is 1. The van der Waals surface area contributed by atoms with Gasteiger partial charge in [0.05, 0.1) is 0 Å². The van der Waals surface area contributed by atoms with Crippen LogP contribution in [0.5, 0.6) is 0 Å². The number of halogens is 1. The summed E-state index contributed by atoms with van der Waals surface area (Å²) in [4.78, 5) is 14.7. The van der Waals surface area contributed by atoms with Crippen molar-refractivity contribution < 1.29 is 4.79 Å². The van der Waals surface area contributed by atoms with Crippen molar-refractivity contribution in [2.24, 2.45) is 0 Å². The van der Waals surface area contributed by atoms with E-state index in [1.54, 1.807) is 24.3 Å². The van der Waals surface area contributed by atoms with Crippen molar-refractivity contribution >= 4 is 17.5 Å². The molecule has 19 heavy (non-hydrogen) atoms. The third-order valence-electron chi connectivity index (χ3n) is 4.28. The highest BCUT2D eigenvalue weighted by molar-refractivity contribution is 6.30. The molecule has 2 aliphatic heterocycles. The summed E-state index contributed by atoms with van der Waals surface area (Å²) in [5.41, 5.74) is 0.693. The van der Waals surface area contributed by atoms with Crippen molar-refractivity contribution in [3.05, 3.63) is 34.9 Å². The molecule has 2 atom stereocenters. The number of piperidine rings is 1. The van der Waals surface area contributed by atoms with Gasteiger partial charge in [-0.3, -0.25) is 9.69 Å². The largest absolute Gasteiger partial charge is 0.348 e. The van der Waals surface area contributed by atoms with Crippen LogP contribution in [0.15, 0.2) is 24.3 Å². The van der Waals surface area contributed by atoms with Crippen molar-refractivity contribution in [3.8, 4) is 0 Å². The second-order valence-corrected chi connectivity index (χ2v) is 5.91. The van der Waals surface area contributed by atoms with Gasteiger partial charge >= 0.3 is 0 Å². The quantitative estimate of drug-likeness (QED) is 0.902. The first-order valence-corrected chi connectivity index (χ1v) is 7.42. The van der Waals surface area contributed by atoms with Crippen LogP contribution < -0.4 is 5.32 Å². The van der Waals surface area contributed by atoms with Crippen molar-refractivity contribution in [2.75, 3.05) is 13.1 Å². The van der Waals surface area contributed by atoms with E-state index in [0.717, 1.165) is 13.0 Å². The molecular weight excluding hydrogens is 260 g/mol. The van der Waals surface area contributed by atoms with E-state index in [0.29, 0.717) is 22.7 Å². The first-order chi connectivity index (χ1) is 9.24. The number of fused-ring (bicyclic) bond motifs is 1. The van der Waals surface area contributed by atoms with Crippen LogP contribution in [0.3, 0.4) is 0 Å². The molecule has 0 spiro atoms. The summed E-state index contributed by atoms with van der Waals surface area (Å²) in [6.07, 6.45) is 4.87. The Morgan fingerprint density at radius 2 is 1.95 bits per heavy atom. The monoisotopic (exact) mass is 278 g/mol. The number of benzene rings is 1. The molecule has 0 saturated carbocycles. The summed E-state index contributed by atoms with van der Waals surface area (Å²) in [6.45, 7) is 2.31. The molecule has 0 aromatic heterocycles. The third kappa shape index (κ3) is 2.77. The maximum absolute atomic E-state index is 12.2. The van der Waals surface area contributed by atoms with Crippen LogP contribution in [-0.4, -0.2) is 36.0 Å². The molecular formula is C15H19ClN2O. The summed E-state index contributed by atoms with van der Waals surface area (Å²) in [6, 6.07) is 7.94. The molecule has 1 aromatic carbocycles. The maximum atomic E-state index is 12.2. The van der Waals surface area contributed by atoms with E-state index < -0.39 is 0 Å². The maximum Gasteiger partial charge on any atom is 0.251 e. The van der Waals surface area contributed by atoms with Crippen molar-refractivity contribution in [3.63, 3.8) is 0 Å². The second-order valence-electron chi connectivity index (χ2n) is 5.47. The number of rotatable bonds is 2. The smallest absolute Gasteiger partial charge is 0.251 e. The Labute approximate surface area is 118 Å². The minimum atomic E-state index is 0.0223. The Kier molecular flexibility index (Phi) is 3.76. The zero-order chi connectivity index (χ0) is 13.2. The van der Waals surface area contributed by atoms with Crippen molar-refractivity contribution in [1.82, 2.24) is 10.2 Å². The molecule has 0 bridgehead atoms. The van der Waals surface area contributed by atoms with Crippen LogP contribution in [0, 0.1) is 0 Å². The molecule has 3 nitrogen and oxygen atoms in total. The fourth-order valence-electron chi connectivity index (χ4n) is 3.27. The number of hydrogen-bond donors (Lipinski definition) is 1. The number of carbonyl (C=O) groups excluding carboxylic acids is 1. The summed E-state index contributed by atoms with van der Waals surface area (Å²) in [5.74, 6) is 0.0223. The van der Waals surface area contributed by atoms with E-state index in [1.165, 1.54) is 25.8 Å². The highest BCUT2D eigenvalue weighted by atomic mass is 35.5. The lowest BCUT2D eigenvalue weighted by molar-refractivity contribution is 0.0915. The van der Waals surface area contributed by atoms with Crippen LogP contribution in [0.2, 0.25) is 5.02 Å². The summed E-state index contributed by atoms with van der Waals surface area (Å²) < 4.78 is 0. The first-order valence-electron chi connectivity index (χ1n) is 7.04. The fourth-order valence-corrected chi connectivity index (χ4v) is 3.39. The van der Waals surface area contributed by atoms with E-state index in [4.69, 9.17) is 11.6 Å². The van der Waals surface area contributed by atoms with E-state index >= 15 is 0 Å². The lowest BCUT2D eigenvalue weighted by Gasteiger charge is -2.32. The molecule has 0 aliphatic carbocycles. The predicted molar refractivity (Wildman–Crippen MR) is 76.5 cm³/mol. The number of carbonyl (C=O) groups is 1. The Bertz CT molecular complexity index is 460. The normalized spacial score (nSPS) is 27.0. The third-order valence-corrected chi connectivity index (χ3v) is 4.53. The summed E-state index contributed by atoms with van der Waals surface area (Å²) >= 11 is 5.84. The van der Waals surface area contributed by atoms with Gasteiger partial charge in [0.2, 0.25) is 0 Å². The van der Waals surface area contributed by atoms with Gasteiger partial charge in [-0.2, -0.15) is 0 Å². The molecule has 2 aliphatic rings. The van der Waals surface area contributed by atoms with Gasteiger partial charge in [0.1, 0.15) is 0 Å². The highest BCUT2D eigenvalue weighted by Gasteiger charge is 2.36. The van der Waals surface area contributed by atoms with E-state index in [1.807, 2.05) is 0 Å². The molecule has 1 amide bonds. The number of nitrogens with one attached hydrogen (secondary N) is 1. The molecule has 0 radical (unpaired) electrons. The Hall–Kier alpha value is -1.06. The average molecular weight is 279 g/mol. The molecule has 2 saturated heterocycles. The molecule has 4 heteroatoms. The molecule has 2 fully saturated rings. The highest BCUT2D eigenvalue weighted by Crippen LogP contribution is 2.27. The van der Waals surface area contributed by atoms with Gasteiger partial charge < -0.3 is 5.32 Å². The molecule has 102 valence electrons. The predicted octanol–water partition coefficient (Wildman–Crippen LogP) is 2.70. The molecule has 1 aromatic rings. The van der Waals surface area contributed by atoms with E-state index in [-0.39, 0.29) is 5.91 Å². The van der Waals surface area contributed by atoms with Crippen molar-refractivity contribution in [2.45, 2.75) is 37.8 Å². The van der Waals surface area contributed by atoms with Gasteiger partial charge in [-0.05, 0) is 50.1 Å². The summed E-state index contributed by atoms with van der Waals surface area (Å²) in [5, 5.41) is 3.85. The topological polar surface area (TPSA) is 32.3 Å². The molecule has 3 rings (SSSR count). The molecule has 2 heterocycles. The first kappa shape index (κ1) is 12.9. The van der Waals surface area contributed by atoms with Gasteiger partial charge in [-0.15, -0.1) is 0 Å². The fraction of sp³-hybridized carbons (Fsp3) is 0.533. The second kappa shape index (κ2) is 5.51. The van der Waals surface area contributed by atoms with E-state index in [9.17, 15) is 4.79 Å². The van der Waals surface area contributed by atoms with Crippen LogP contribution >= 0.6 is 11.6 Å². The van der Waals surface area contributed by atoms with Crippen LogP contribution in [0.4, 0.5) is 0 Å². The Morgan fingerprint density at radius 3 is 2.74 bits per heavy atom. The molecule has 0 unspecified atom stereocenters. The van der Waals surface area contributed by atoms with Crippen LogP contribution in [0.1, 0.15) is 36.0 Å². The minimum absolute atomic E-state index is 0.0223. The Morgan fingerprint density at radius 1 is 1.16 bits per heavy atom. The number of hydrogen-bond acceptors (Lipinski definition) is 2.